The van der Waals surface area contributed by atoms with E-state index in [0.29, 0.717) is 12.4 Å². The van der Waals surface area contributed by atoms with Gasteiger partial charge in [0, 0.05) is 17.1 Å². The van der Waals surface area contributed by atoms with Crippen LogP contribution in [0.15, 0.2) is 47.8 Å². The van der Waals surface area contributed by atoms with Gasteiger partial charge in [-0.05, 0) is 43.3 Å². The molecule has 0 aliphatic carbocycles. The molecular weight excluding hydrogens is 402 g/mol. The zero-order chi connectivity index (χ0) is 20.8. The van der Waals surface area contributed by atoms with E-state index < -0.39 is 30.1 Å². The normalized spacial score (nSPS) is 10.4. The number of amides is 1. The van der Waals surface area contributed by atoms with Crippen molar-refractivity contribution in [1.82, 2.24) is 4.98 Å². The minimum absolute atomic E-state index is 0.0572. The van der Waals surface area contributed by atoms with E-state index in [1.165, 1.54) is 29.5 Å². The Hall–Kier alpha value is -3.33. The van der Waals surface area contributed by atoms with Crippen LogP contribution in [0.5, 0.6) is 5.75 Å². The first-order valence-electron chi connectivity index (χ1n) is 8.46. The molecule has 1 heterocycles. The van der Waals surface area contributed by atoms with Crippen LogP contribution >= 0.6 is 11.3 Å². The summed E-state index contributed by atoms with van der Waals surface area (Å²) in [5, 5.41) is 5.18. The highest BCUT2D eigenvalue weighted by atomic mass is 32.1. The van der Waals surface area contributed by atoms with Crippen molar-refractivity contribution >= 4 is 28.9 Å². The smallest absolute Gasteiger partial charge is 0.338 e. The number of benzene rings is 2. The monoisotopic (exact) mass is 418 g/mol. The molecule has 0 saturated carbocycles. The Morgan fingerprint density at radius 2 is 1.86 bits per heavy atom. The molecule has 9 heteroatoms. The van der Waals surface area contributed by atoms with Crippen LogP contribution in [0.25, 0.3) is 0 Å². The van der Waals surface area contributed by atoms with Crippen LogP contribution in [0.2, 0.25) is 0 Å². The molecular formula is C20H16F2N2O4S. The number of halogens is 2. The molecule has 3 aromatic rings. The molecule has 0 spiro atoms. The summed E-state index contributed by atoms with van der Waals surface area (Å²) in [6.45, 7) is 1.66. The maximum absolute atomic E-state index is 13.1. The van der Waals surface area contributed by atoms with Crippen molar-refractivity contribution in [3.63, 3.8) is 0 Å². The number of ether oxygens (including phenoxy) is 2. The Morgan fingerprint density at radius 1 is 1.10 bits per heavy atom. The predicted octanol–water partition coefficient (Wildman–Crippen LogP) is 4.10. The fourth-order valence-corrected chi connectivity index (χ4v) is 2.90. The molecule has 150 valence electrons. The van der Waals surface area contributed by atoms with Crippen LogP contribution in [0, 0.1) is 18.6 Å². The van der Waals surface area contributed by atoms with Crippen LogP contribution in [0.1, 0.15) is 21.1 Å². The van der Waals surface area contributed by atoms with Gasteiger partial charge in [-0.1, -0.05) is 0 Å². The Kier molecular flexibility index (Phi) is 6.50. The van der Waals surface area contributed by atoms with Gasteiger partial charge < -0.3 is 14.8 Å². The molecule has 0 bridgehead atoms. The van der Waals surface area contributed by atoms with Gasteiger partial charge in [-0.25, -0.2) is 18.6 Å². The number of thiazole rings is 1. The fraction of sp³-hybridized carbons (Fsp3) is 0.150. The summed E-state index contributed by atoms with van der Waals surface area (Å²) in [5.74, 6) is -2.94. The number of rotatable bonds is 7. The van der Waals surface area contributed by atoms with Crippen molar-refractivity contribution in [2.75, 3.05) is 11.9 Å². The molecule has 0 saturated heterocycles. The number of aryl methyl sites for hydroxylation is 1. The molecule has 0 aliphatic heterocycles. The van der Waals surface area contributed by atoms with E-state index in [2.05, 4.69) is 10.3 Å². The van der Waals surface area contributed by atoms with E-state index in [1.54, 1.807) is 12.1 Å². The zero-order valence-corrected chi connectivity index (χ0v) is 16.1. The lowest BCUT2D eigenvalue weighted by atomic mass is 10.2. The molecule has 0 radical (unpaired) electrons. The summed E-state index contributed by atoms with van der Waals surface area (Å²) in [7, 11) is 0. The molecule has 3 rings (SSSR count). The average molecular weight is 418 g/mol. The van der Waals surface area contributed by atoms with E-state index in [4.69, 9.17) is 9.47 Å². The van der Waals surface area contributed by atoms with Crippen LogP contribution in [-0.2, 0) is 16.1 Å². The van der Waals surface area contributed by atoms with Gasteiger partial charge in [0.05, 0.1) is 16.3 Å². The second-order valence-electron chi connectivity index (χ2n) is 5.92. The maximum Gasteiger partial charge on any atom is 0.338 e. The largest absolute Gasteiger partial charge is 0.487 e. The van der Waals surface area contributed by atoms with Gasteiger partial charge in [-0.2, -0.15) is 0 Å². The van der Waals surface area contributed by atoms with E-state index in [9.17, 15) is 18.4 Å². The predicted molar refractivity (Wildman–Crippen MR) is 103 cm³/mol. The summed E-state index contributed by atoms with van der Waals surface area (Å²) in [4.78, 5) is 28.1. The van der Waals surface area contributed by atoms with Gasteiger partial charge in [-0.15, -0.1) is 11.3 Å². The minimum atomic E-state index is -1.09. The summed E-state index contributed by atoms with van der Waals surface area (Å²) >= 11 is 1.54. The second kappa shape index (κ2) is 9.24. The molecule has 1 amide bonds. The van der Waals surface area contributed by atoms with Gasteiger partial charge in [0.1, 0.15) is 12.4 Å². The first kappa shape index (κ1) is 20.4. The summed E-state index contributed by atoms with van der Waals surface area (Å²) in [6, 6.07) is 9.16. The number of carbonyl (C=O) groups is 2. The highest BCUT2D eigenvalue weighted by Crippen LogP contribution is 2.16. The molecule has 6 nitrogen and oxygen atoms in total. The van der Waals surface area contributed by atoms with Crippen LogP contribution in [0.4, 0.5) is 14.5 Å². The van der Waals surface area contributed by atoms with Gasteiger partial charge in [0.25, 0.3) is 5.91 Å². The van der Waals surface area contributed by atoms with E-state index >= 15 is 0 Å². The standard InChI is InChI=1S/C20H16F2N2O4S/c1-12-23-15(11-29-12)9-27-16-5-2-13(3-6-16)20(26)28-10-19(25)24-14-4-7-17(21)18(22)8-14/h2-8,11H,9-10H2,1H3,(H,24,25). The second-order valence-corrected chi connectivity index (χ2v) is 6.99. The molecule has 0 unspecified atom stereocenters. The van der Waals surface area contributed by atoms with Crippen molar-refractivity contribution in [2.24, 2.45) is 0 Å². The number of hydrogen-bond donors (Lipinski definition) is 1. The molecule has 0 aliphatic rings. The van der Waals surface area contributed by atoms with Crippen LogP contribution in [-0.4, -0.2) is 23.5 Å². The molecule has 1 aromatic heterocycles. The third-order valence-electron chi connectivity index (χ3n) is 3.68. The Labute approximate surface area is 169 Å². The zero-order valence-electron chi connectivity index (χ0n) is 15.3. The van der Waals surface area contributed by atoms with E-state index in [-0.39, 0.29) is 11.3 Å². The van der Waals surface area contributed by atoms with E-state index in [1.807, 2.05) is 12.3 Å². The van der Waals surface area contributed by atoms with Crippen molar-refractivity contribution in [1.29, 1.82) is 0 Å². The minimum Gasteiger partial charge on any atom is -0.487 e. The topological polar surface area (TPSA) is 77.5 Å². The first-order valence-corrected chi connectivity index (χ1v) is 9.34. The number of anilines is 1. The number of carbonyl (C=O) groups excluding carboxylic acids is 2. The van der Waals surface area contributed by atoms with Gasteiger partial charge in [0.15, 0.2) is 18.2 Å². The fourth-order valence-electron chi connectivity index (χ4n) is 2.30. The Bertz CT molecular complexity index is 1020. The summed E-state index contributed by atoms with van der Waals surface area (Å²) in [5.41, 5.74) is 1.12. The summed E-state index contributed by atoms with van der Waals surface area (Å²) < 4.78 is 36.5. The number of esters is 1. The molecule has 2 aromatic carbocycles. The third-order valence-corrected chi connectivity index (χ3v) is 4.50. The molecule has 1 N–H and O–H groups in total. The van der Waals surface area contributed by atoms with Crippen molar-refractivity contribution in [3.8, 4) is 5.75 Å². The van der Waals surface area contributed by atoms with Crippen molar-refractivity contribution in [3.05, 3.63) is 75.7 Å². The number of nitrogens with one attached hydrogen (secondary N) is 1. The molecule has 0 atom stereocenters. The lowest BCUT2D eigenvalue weighted by molar-refractivity contribution is -0.119. The highest BCUT2D eigenvalue weighted by Gasteiger charge is 2.12. The van der Waals surface area contributed by atoms with Gasteiger partial charge in [-0.3, -0.25) is 4.79 Å². The SMILES string of the molecule is Cc1nc(COc2ccc(C(=O)OCC(=O)Nc3ccc(F)c(F)c3)cc2)cs1. The Morgan fingerprint density at radius 3 is 2.52 bits per heavy atom. The van der Waals surface area contributed by atoms with Crippen molar-refractivity contribution in [2.45, 2.75) is 13.5 Å². The number of aromatic nitrogens is 1. The van der Waals surface area contributed by atoms with Gasteiger partial charge in [0.2, 0.25) is 0 Å². The van der Waals surface area contributed by atoms with Crippen molar-refractivity contribution < 1.29 is 27.8 Å². The number of hydrogen-bond acceptors (Lipinski definition) is 6. The van der Waals surface area contributed by atoms with Crippen LogP contribution < -0.4 is 10.1 Å². The lowest BCUT2D eigenvalue weighted by Gasteiger charge is -2.08. The molecule has 29 heavy (non-hydrogen) atoms. The lowest BCUT2D eigenvalue weighted by Crippen LogP contribution is -2.21. The number of nitrogens with zero attached hydrogens (tertiary/aromatic N) is 1. The third kappa shape index (κ3) is 5.82. The van der Waals surface area contributed by atoms with Gasteiger partial charge >= 0.3 is 5.97 Å². The Balaban J connectivity index is 1.47. The maximum atomic E-state index is 13.1. The average Bonchev–Trinajstić information content (AvgIpc) is 3.13. The summed E-state index contributed by atoms with van der Waals surface area (Å²) in [6.07, 6.45) is 0. The highest BCUT2D eigenvalue weighted by molar-refractivity contribution is 7.09. The first-order chi connectivity index (χ1) is 13.9. The quantitative estimate of drug-likeness (QED) is 0.585. The van der Waals surface area contributed by atoms with Crippen LogP contribution in [0.3, 0.4) is 0 Å². The molecule has 0 fully saturated rings. The van der Waals surface area contributed by atoms with E-state index in [0.717, 1.165) is 22.8 Å².